The van der Waals surface area contributed by atoms with E-state index in [1.807, 2.05) is 30.4 Å². The van der Waals surface area contributed by atoms with E-state index < -0.39 is 0 Å². The first-order valence-corrected chi connectivity index (χ1v) is 7.49. The van der Waals surface area contributed by atoms with E-state index in [0.29, 0.717) is 17.1 Å². The van der Waals surface area contributed by atoms with Gasteiger partial charge in [0.1, 0.15) is 0 Å². The van der Waals surface area contributed by atoms with Crippen molar-refractivity contribution in [2.75, 3.05) is 19.0 Å². The van der Waals surface area contributed by atoms with Crippen molar-refractivity contribution in [1.29, 1.82) is 0 Å². The van der Waals surface area contributed by atoms with Crippen LogP contribution in [0.1, 0.15) is 20.8 Å². The van der Waals surface area contributed by atoms with Crippen LogP contribution in [0.25, 0.3) is 0 Å². The SMILES string of the molecule is CCOCC(NN)C1CSC(C)C(C)S1. The fraction of sp³-hybridized carbons (Fsp3) is 1.00. The van der Waals surface area contributed by atoms with Crippen LogP contribution in [0.4, 0.5) is 0 Å². The van der Waals surface area contributed by atoms with Gasteiger partial charge in [0.05, 0.1) is 12.6 Å². The third-order valence-corrected chi connectivity index (χ3v) is 6.29. The highest BCUT2D eigenvalue weighted by atomic mass is 32.2. The lowest BCUT2D eigenvalue weighted by Crippen LogP contribution is -2.49. The van der Waals surface area contributed by atoms with Crippen molar-refractivity contribution in [2.24, 2.45) is 5.84 Å². The summed E-state index contributed by atoms with van der Waals surface area (Å²) in [7, 11) is 0. The van der Waals surface area contributed by atoms with E-state index in [2.05, 4.69) is 19.3 Å². The van der Waals surface area contributed by atoms with Crippen LogP contribution in [0.3, 0.4) is 0 Å². The second kappa shape index (κ2) is 7.01. The van der Waals surface area contributed by atoms with Gasteiger partial charge in [-0.15, -0.1) is 0 Å². The van der Waals surface area contributed by atoms with Crippen LogP contribution in [-0.2, 0) is 4.74 Å². The maximum atomic E-state index is 5.57. The van der Waals surface area contributed by atoms with Gasteiger partial charge >= 0.3 is 0 Å². The summed E-state index contributed by atoms with van der Waals surface area (Å²) in [5, 5.41) is 2.01. The molecule has 5 heteroatoms. The average molecular weight is 250 g/mol. The zero-order valence-corrected chi connectivity index (χ0v) is 11.4. The standard InChI is InChI=1S/C10H22N2OS2/c1-4-13-5-9(12-11)10-6-14-7(2)8(3)15-10/h7-10,12H,4-6,11H2,1-3H3. The number of nitrogens with one attached hydrogen (secondary N) is 1. The quantitative estimate of drug-likeness (QED) is 0.572. The van der Waals surface area contributed by atoms with Gasteiger partial charge in [0.25, 0.3) is 0 Å². The minimum Gasteiger partial charge on any atom is -0.380 e. The Morgan fingerprint density at radius 2 is 2.20 bits per heavy atom. The Balaban J connectivity index is 2.39. The molecule has 0 spiro atoms. The minimum atomic E-state index is 0.275. The lowest BCUT2D eigenvalue weighted by Gasteiger charge is -2.35. The molecule has 90 valence electrons. The van der Waals surface area contributed by atoms with Gasteiger partial charge in [-0.1, -0.05) is 13.8 Å². The molecule has 0 bridgehead atoms. The van der Waals surface area contributed by atoms with Gasteiger partial charge in [0, 0.05) is 28.1 Å². The summed E-state index contributed by atoms with van der Waals surface area (Å²) in [4.78, 5) is 0. The number of hydrogen-bond donors (Lipinski definition) is 2. The van der Waals surface area contributed by atoms with E-state index in [9.17, 15) is 0 Å². The third kappa shape index (κ3) is 4.15. The Labute approximate surface area is 101 Å². The molecule has 1 aliphatic heterocycles. The predicted molar refractivity (Wildman–Crippen MR) is 70.4 cm³/mol. The predicted octanol–water partition coefficient (Wildman–Crippen LogP) is 1.48. The van der Waals surface area contributed by atoms with Crippen molar-refractivity contribution in [3.8, 4) is 0 Å². The first-order valence-electron chi connectivity index (χ1n) is 5.50. The largest absolute Gasteiger partial charge is 0.380 e. The van der Waals surface area contributed by atoms with Crippen LogP contribution < -0.4 is 11.3 Å². The highest BCUT2D eigenvalue weighted by Crippen LogP contribution is 2.36. The molecule has 1 rings (SSSR count). The Morgan fingerprint density at radius 3 is 2.73 bits per heavy atom. The number of ether oxygens (including phenoxy) is 1. The normalized spacial score (nSPS) is 34.0. The smallest absolute Gasteiger partial charge is 0.0644 e. The molecular formula is C10H22N2OS2. The van der Waals surface area contributed by atoms with Crippen LogP contribution in [-0.4, -0.2) is 40.8 Å². The maximum absolute atomic E-state index is 5.57. The van der Waals surface area contributed by atoms with Gasteiger partial charge in [-0.2, -0.15) is 23.5 Å². The van der Waals surface area contributed by atoms with Gasteiger partial charge in [-0.3, -0.25) is 11.3 Å². The molecule has 0 aromatic rings. The molecule has 1 aliphatic rings. The van der Waals surface area contributed by atoms with Crippen molar-refractivity contribution < 1.29 is 4.74 Å². The molecule has 0 radical (unpaired) electrons. The van der Waals surface area contributed by atoms with E-state index >= 15 is 0 Å². The van der Waals surface area contributed by atoms with E-state index in [0.717, 1.165) is 17.6 Å². The molecule has 0 aliphatic carbocycles. The van der Waals surface area contributed by atoms with Crippen molar-refractivity contribution in [3.05, 3.63) is 0 Å². The molecule has 4 unspecified atom stereocenters. The summed E-state index contributed by atoms with van der Waals surface area (Å²) in [6, 6.07) is 0.275. The van der Waals surface area contributed by atoms with Gasteiger partial charge < -0.3 is 4.74 Å². The third-order valence-electron chi connectivity index (χ3n) is 2.74. The van der Waals surface area contributed by atoms with Crippen LogP contribution in [0.15, 0.2) is 0 Å². The zero-order chi connectivity index (χ0) is 11.3. The van der Waals surface area contributed by atoms with Crippen molar-refractivity contribution >= 4 is 23.5 Å². The second-order valence-corrected chi connectivity index (χ2v) is 6.88. The molecule has 3 nitrogen and oxygen atoms in total. The molecule has 0 aromatic heterocycles. The molecule has 0 saturated carbocycles. The number of thioether (sulfide) groups is 2. The summed E-state index contributed by atoms with van der Waals surface area (Å²) < 4.78 is 5.44. The Hall–Kier alpha value is 0.580. The first kappa shape index (κ1) is 13.6. The van der Waals surface area contributed by atoms with Gasteiger partial charge in [-0.05, 0) is 6.92 Å². The van der Waals surface area contributed by atoms with Gasteiger partial charge in [0.2, 0.25) is 0 Å². The average Bonchev–Trinajstić information content (AvgIpc) is 2.24. The fourth-order valence-corrected chi connectivity index (χ4v) is 4.62. The monoisotopic (exact) mass is 250 g/mol. The fourth-order valence-electron chi connectivity index (χ4n) is 1.53. The summed E-state index contributed by atoms with van der Waals surface area (Å²) in [5.41, 5.74) is 2.88. The summed E-state index contributed by atoms with van der Waals surface area (Å²) in [5.74, 6) is 6.74. The van der Waals surface area contributed by atoms with Gasteiger partial charge in [-0.25, -0.2) is 0 Å². The molecule has 1 saturated heterocycles. The summed E-state index contributed by atoms with van der Waals surface area (Å²) in [6.07, 6.45) is 0. The van der Waals surface area contributed by atoms with Crippen LogP contribution in [0, 0.1) is 0 Å². The van der Waals surface area contributed by atoms with Crippen molar-refractivity contribution in [2.45, 2.75) is 42.6 Å². The molecule has 0 aromatic carbocycles. The molecule has 1 heterocycles. The maximum Gasteiger partial charge on any atom is 0.0644 e. The van der Waals surface area contributed by atoms with Crippen LogP contribution >= 0.6 is 23.5 Å². The highest BCUT2D eigenvalue weighted by molar-refractivity contribution is 8.07. The molecule has 4 atom stereocenters. The Kier molecular flexibility index (Phi) is 6.38. The second-order valence-electron chi connectivity index (χ2n) is 3.85. The lowest BCUT2D eigenvalue weighted by molar-refractivity contribution is 0.123. The van der Waals surface area contributed by atoms with E-state index in [-0.39, 0.29) is 6.04 Å². The van der Waals surface area contributed by atoms with E-state index in [4.69, 9.17) is 10.6 Å². The Morgan fingerprint density at radius 1 is 1.47 bits per heavy atom. The lowest BCUT2D eigenvalue weighted by atomic mass is 10.2. The van der Waals surface area contributed by atoms with E-state index in [1.165, 1.54) is 0 Å². The zero-order valence-electron chi connectivity index (χ0n) is 9.73. The topological polar surface area (TPSA) is 47.3 Å². The van der Waals surface area contributed by atoms with E-state index in [1.54, 1.807) is 0 Å². The number of hydrogen-bond acceptors (Lipinski definition) is 5. The summed E-state index contributed by atoms with van der Waals surface area (Å²) in [6.45, 7) is 8.08. The molecule has 0 amide bonds. The molecular weight excluding hydrogens is 228 g/mol. The van der Waals surface area contributed by atoms with Crippen LogP contribution in [0.2, 0.25) is 0 Å². The molecule has 15 heavy (non-hydrogen) atoms. The molecule has 3 N–H and O–H groups in total. The summed E-state index contributed by atoms with van der Waals surface area (Å²) >= 11 is 4.07. The van der Waals surface area contributed by atoms with Crippen molar-refractivity contribution in [3.63, 3.8) is 0 Å². The van der Waals surface area contributed by atoms with Crippen LogP contribution in [0.5, 0.6) is 0 Å². The highest BCUT2D eigenvalue weighted by Gasteiger charge is 2.30. The van der Waals surface area contributed by atoms with Crippen molar-refractivity contribution in [1.82, 2.24) is 5.43 Å². The number of rotatable bonds is 5. The first-order chi connectivity index (χ1) is 7.19. The number of hydrazine groups is 1. The minimum absolute atomic E-state index is 0.275. The Bertz CT molecular complexity index is 183. The molecule has 1 fully saturated rings. The van der Waals surface area contributed by atoms with Gasteiger partial charge in [0.15, 0.2) is 0 Å². The number of nitrogens with two attached hydrogens (primary N) is 1.